The number of hydrogen-bond donors (Lipinski definition) is 1. The van der Waals surface area contributed by atoms with Crippen LogP contribution in [0, 0.1) is 12.7 Å². The summed E-state index contributed by atoms with van der Waals surface area (Å²) in [5, 5.41) is 10.3. The van der Waals surface area contributed by atoms with Gasteiger partial charge in [-0.2, -0.15) is 0 Å². The van der Waals surface area contributed by atoms with Gasteiger partial charge in [-0.3, -0.25) is 4.98 Å². The van der Waals surface area contributed by atoms with Crippen LogP contribution < -0.4 is 4.74 Å². The maximum Gasteiger partial charge on any atom is 0.358 e. The molecule has 0 bridgehead atoms. The highest BCUT2D eigenvalue weighted by Crippen LogP contribution is 2.31. The average molecular weight is 402 g/mol. The van der Waals surface area contributed by atoms with Crippen molar-refractivity contribution < 1.29 is 19.0 Å². The molecule has 4 rings (SSSR count). The molecular formula is C24H19FN2O3. The van der Waals surface area contributed by atoms with Gasteiger partial charge >= 0.3 is 5.97 Å². The van der Waals surface area contributed by atoms with E-state index in [1.165, 1.54) is 12.1 Å². The summed E-state index contributed by atoms with van der Waals surface area (Å²) in [6.07, 6.45) is 2.26. The van der Waals surface area contributed by atoms with E-state index in [9.17, 15) is 14.3 Å². The molecule has 0 saturated heterocycles. The second-order valence-corrected chi connectivity index (χ2v) is 7.00. The molecular weight excluding hydrogens is 383 g/mol. The van der Waals surface area contributed by atoms with Crippen LogP contribution in [0.15, 0.2) is 66.9 Å². The summed E-state index contributed by atoms with van der Waals surface area (Å²) in [5.41, 5.74) is 3.63. The molecule has 0 aliphatic rings. The maximum absolute atomic E-state index is 13.1. The van der Waals surface area contributed by atoms with E-state index in [0.29, 0.717) is 17.6 Å². The molecule has 0 aliphatic carbocycles. The van der Waals surface area contributed by atoms with Crippen molar-refractivity contribution in [2.75, 3.05) is 0 Å². The molecule has 2 aromatic heterocycles. The van der Waals surface area contributed by atoms with Gasteiger partial charge in [-0.05, 0) is 48.2 Å². The number of nitrogens with zero attached hydrogens (tertiary/aromatic N) is 2. The van der Waals surface area contributed by atoms with Crippen molar-refractivity contribution in [3.63, 3.8) is 0 Å². The van der Waals surface area contributed by atoms with Gasteiger partial charge in [0.15, 0.2) is 11.4 Å². The Morgan fingerprint density at radius 2 is 1.77 bits per heavy atom. The molecule has 0 radical (unpaired) electrons. The first-order valence-electron chi connectivity index (χ1n) is 9.45. The standard InChI is InChI=1S/C24H19FN2O3/c1-15-20-12-18(11-16-7-9-19(25)10-8-16)13-26-21(20)23(22(27-15)24(28)29)30-14-17-5-3-2-4-6-17/h2-10,12-13H,11,14H2,1H3,(H,28,29). The quantitative estimate of drug-likeness (QED) is 0.494. The van der Waals surface area contributed by atoms with E-state index in [-0.39, 0.29) is 23.9 Å². The lowest BCUT2D eigenvalue weighted by Gasteiger charge is -2.14. The first kappa shape index (κ1) is 19.5. The molecule has 0 aliphatic heterocycles. The van der Waals surface area contributed by atoms with Crippen LogP contribution in [0.4, 0.5) is 4.39 Å². The van der Waals surface area contributed by atoms with Crippen LogP contribution in [0.5, 0.6) is 5.75 Å². The lowest BCUT2D eigenvalue weighted by atomic mass is 10.0. The molecule has 4 aromatic rings. The highest BCUT2D eigenvalue weighted by molar-refractivity contribution is 5.98. The smallest absolute Gasteiger partial charge is 0.358 e. The van der Waals surface area contributed by atoms with Crippen LogP contribution in [0.2, 0.25) is 0 Å². The predicted molar refractivity (Wildman–Crippen MR) is 111 cm³/mol. The Labute approximate surface area is 172 Å². The number of aryl methyl sites for hydroxylation is 1. The molecule has 0 atom stereocenters. The number of carboxylic acids is 1. The molecule has 0 unspecified atom stereocenters. The molecule has 0 fully saturated rings. The third-order valence-corrected chi connectivity index (χ3v) is 4.79. The number of ether oxygens (including phenoxy) is 1. The molecule has 6 heteroatoms. The van der Waals surface area contributed by atoms with E-state index >= 15 is 0 Å². The molecule has 0 spiro atoms. The van der Waals surface area contributed by atoms with Gasteiger partial charge in [-0.25, -0.2) is 14.2 Å². The van der Waals surface area contributed by atoms with E-state index in [0.717, 1.165) is 22.1 Å². The van der Waals surface area contributed by atoms with Gasteiger partial charge in [0, 0.05) is 17.3 Å². The number of halogens is 1. The number of benzene rings is 2. The Hall–Kier alpha value is -3.80. The van der Waals surface area contributed by atoms with Crippen molar-refractivity contribution in [2.45, 2.75) is 20.0 Å². The largest absolute Gasteiger partial charge is 0.484 e. The second kappa shape index (κ2) is 8.29. The molecule has 2 aromatic carbocycles. The number of pyridine rings is 2. The molecule has 0 saturated carbocycles. The number of fused-ring (bicyclic) bond motifs is 1. The van der Waals surface area contributed by atoms with Crippen LogP contribution in [0.1, 0.15) is 32.9 Å². The monoisotopic (exact) mass is 402 g/mol. The summed E-state index contributed by atoms with van der Waals surface area (Å²) in [6.45, 7) is 1.96. The third kappa shape index (κ3) is 4.12. The summed E-state index contributed by atoms with van der Waals surface area (Å²) in [7, 11) is 0. The van der Waals surface area contributed by atoms with E-state index in [1.54, 1.807) is 25.3 Å². The van der Waals surface area contributed by atoms with E-state index in [4.69, 9.17) is 4.74 Å². The van der Waals surface area contributed by atoms with Crippen molar-refractivity contribution >= 4 is 16.9 Å². The summed E-state index contributed by atoms with van der Waals surface area (Å²) < 4.78 is 19.0. The first-order valence-corrected chi connectivity index (χ1v) is 9.45. The fraction of sp³-hybridized carbons (Fsp3) is 0.125. The van der Waals surface area contributed by atoms with Gasteiger partial charge in [0.05, 0.1) is 0 Å². The SMILES string of the molecule is Cc1nc(C(=O)O)c(OCc2ccccc2)c2ncc(Cc3ccc(F)cc3)cc12. The Bertz CT molecular complexity index is 1210. The Morgan fingerprint density at radius 3 is 2.47 bits per heavy atom. The molecule has 30 heavy (non-hydrogen) atoms. The van der Waals surface area contributed by atoms with Gasteiger partial charge in [0.2, 0.25) is 0 Å². The molecule has 1 N–H and O–H groups in total. The minimum Gasteiger partial charge on any atom is -0.484 e. The van der Waals surface area contributed by atoms with Crippen LogP contribution >= 0.6 is 0 Å². The molecule has 2 heterocycles. The van der Waals surface area contributed by atoms with Crippen LogP contribution in [0.3, 0.4) is 0 Å². The normalized spacial score (nSPS) is 10.9. The summed E-state index contributed by atoms with van der Waals surface area (Å²) >= 11 is 0. The zero-order valence-electron chi connectivity index (χ0n) is 16.3. The van der Waals surface area contributed by atoms with E-state index in [2.05, 4.69) is 9.97 Å². The third-order valence-electron chi connectivity index (χ3n) is 4.79. The fourth-order valence-electron chi connectivity index (χ4n) is 3.30. The van der Waals surface area contributed by atoms with Gasteiger partial charge < -0.3 is 9.84 Å². The van der Waals surface area contributed by atoms with Gasteiger partial charge in [0.1, 0.15) is 17.9 Å². The fourth-order valence-corrected chi connectivity index (χ4v) is 3.30. The van der Waals surface area contributed by atoms with Gasteiger partial charge in [0.25, 0.3) is 0 Å². The van der Waals surface area contributed by atoms with Crippen LogP contribution in [-0.2, 0) is 13.0 Å². The van der Waals surface area contributed by atoms with Crippen molar-refractivity contribution in [2.24, 2.45) is 0 Å². The number of aromatic nitrogens is 2. The summed E-state index contributed by atoms with van der Waals surface area (Å²) in [5.74, 6) is -1.29. The number of aromatic carboxylic acids is 1. The van der Waals surface area contributed by atoms with Crippen LogP contribution in [0.25, 0.3) is 10.9 Å². The van der Waals surface area contributed by atoms with Crippen molar-refractivity contribution in [3.05, 3.63) is 101 Å². The number of rotatable bonds is 6. The highest BCUT2D eigenvalue weighted by atomic mass is 19.1. The minimum atomic E-state index is -1.17. The second-order valence-electron chi connectivity index (χ2n) is 7.00. The number of hydrogen-bond acceptors (Lipinski definition) is 4. The molecule has 150 valence electrons. The van der Waals surface area contributed by atoms with Crippen molar-refractivity contribution in [1.29, 1.82) is 0 Å². The van der Waals surface area contributed by atoms with Crippen molar-refractivity contribution in [1.82, 2.24) is 9.97 Å². The van der Waals surface area contributed by atoms with Gasteiger partial charge in [-0.15, -0.1) is 0 Å². The minimum absolute atomic E-state index is 0.153. The summed E-state index contributed by atoms with van der Waals surface area (Å²) in [4.78, 5) is 20.5. The average Bonchev–Trinajstić information content (AvgIpc) is 2.75. The number of carbonyl (C=O) groups is 1. The maximum atomic E-state index is 13.1. The molecule has 0 amide bonds. The van der Waals surface area contributed by atoms with E-state index in [1.807, 2.05) is 36.4 Å². The van der Waals surface area contributed by atoms with E-state index < -0.39 is 5.97 Å². The highest BCUT2D eigenvalue weighted by Gasteiger charge is 2.20. The number of carboxylic acid groups (broad SMARTS) is 1. The lowest BCUT2D eigenvalue weighted by molar-refractivity contribution is 0.0685. The van der Waals surface area contributed by atoms with Crippen LogP contribution in [-0.4, -0.2) is 21.0 Å². The Kier molecular flexibility index (Phi) is 5.39. The zero-order chi connectivity index (χ0) is 21.1. The Morgan fingerprint density at radius 1 is 1.03 bits per heavy atom. The predicted octanol–water partition coefficient (Wildman–Crippen LogP) is 4.95. The first-order chi connectivity index (χ1) is 14.5. The Balaban J connectivity index is 1.73. The summed E-state index contributed by atoms with van der Waals surface area (Å²) in [6, 6.07) is 17.7. The molecule has 5 nitrogen and oxygen atoms in total. The zero-order valence-corrected chi connectivity index (χ0v) is 16.3. The van der Waals surface area contributed by atoms with Crippen molar-refractivity contribution in [3.8, 4) is 5.75 Å². The lowest BCUT2D eigenvalue weighted by Crippen LogP contribution is -2.09. The van der Waals surface area contributed by atoms with Gasteiger partial charge in [-0.1, -0.05) is 42.5 Å². The topological polar surface area (TPSA) is 72.3 Å².